The van der Waals surface area contributed by atoms with Crippen molar-refractivity contribution in [1.29, 1.82) is 0 Å². The molecule has 1 N–H and O–H groups in total. The maximum Gasteiger partial charge on any atom is 0.341 e. The van der Waals surface area contributed by atoms with E-state index in [2.05, 4.69) is 12.2 Å². The molecule has 4 nitrogen and oxygen atoms in total. The average Bonchev–Trinajstić information content (AvgIpc) is 3.32. The van der Waals surface area contributed by atoms with Gasteiger partial charge in [0.15, 0.2) is 0 Å². The van der Waals surface area contributed by atoms with Crippen LogP contribution in [0, 0.1) is 5.92 Å². The third kappa shape index (κ3) is 4.00. The lowest BCUT2D eigenvalue weighted by Crippen LogP contribution is -2.17. The Kier molecular flexibility index (Phi) is 5.83. The number of benzene rings is 1. The fraction of sp³-hybridized carbons (Fsp3) is 0.304. The highest BCUT2D eigenvalue weighted by atomic mass is 32.1. The van der Waals surface area contributed by atoms with Crippen molar-refractivity contribution in [2.24, 2.45) is 5.92 Å². The Bertz CT molecular complexity index is 1040. The van der Waals surface area contributed by atoms with Crippen molar-refractivity contribution >= 4 is 39.6 Å². The first kappa shape index (κ1) is 19.9. The number of ether oxygens (including phenoxy) is 1. The topological polar surface area (TPSA) is 55.4 Å². The predicted molar refractivity (Wildman–Crippen MR) is 119 cm³/mol. The summed E-state index contributed by atoms with van der Waals surface area (Å²) in [5, 5.41) is 7.38. The van der Waals surface area contributed by atoms with Crippen LogP contribution in [0.15, 0.2) is 41.1 Å². The molecule has 0 saturated carbocycles. The van der Waals surface area contributed by atoms with Crippen molar-refractivity contribution in [2.45, 2.75) is 33.1 Å². The highest BCUT2D eigenvalue weighted by molar-refractivity contribution is 7.15. The summed E-state index contributed by atoms with van der Waals surface area (Å²) in [6.45, 7) is 4.32. The third-order valence-corrected chi connectivity index (χ3v) is 7.18. The number of anilines is 1. The van der Waals surface area contributed by atoms with Gasteiger partial charge in [0.1, 0.15) is 10.6 Å². The number of carbonyl (C=O) groups excluding carboxylic acids is 2. The van der Waals surface area contributed by atoms with Crippen molar-refractivity contribution in [3.63, 3.8) is 0 Å². The van der Waals surface area contributed by atoms with E-state index in [1.165, 1.54) is 21.8 Å². The van der Waals surface area contributed by atoms with Crippen LogP contribution in [-0.4, -0.2) is 18.5 Å². The summed E-state index contributed by atoms with van der Waals surface area (Å²) in [6, 6.07) is 9.69. The highest BCUT2D eigenvalue weighted by Crippen LogP contribution is 2.38. The average molecular weight is 426 g/mol. The van der Waals surface area contributed by atoms with E-state index in [-0.39, 0.29) is 12.5 Å². The minimum absolute atomic E-state index is 0.149. The number of carbonyl (C=O) groups is 2. The Labute approximate surface area is 178 Å². The van der Waals surface area contributed by atoms with Gasteiger partial charge in [-0.2, -0.15) is 0 Å². The van der Waals surface area contributed by atoms with E-state index in [0.29, 0.717) is 16.5 Å². The van der Waals surface area contributed by atoms with Crippen LogP contribution in [-0.2, 0) is 17.6 Å². The summed E-state index contributed by atoms with van der Waals surface area (Å²) in [7, 11) is 0. The molecule has 0 fully saturated rings. The standard InChI is InChI=1S/C23H23NO3S2/c1-3-27-23(26)20-17(15-7-5-4-6-8-15)12-29-22(20)24-21(25)18-13-28-19-11-14(2)9-10-16(18)19/h4-8,12-14H,3,9-11H2,1-2H3,(H,24,25)/t14-/m0/s1. The molecule has 1 atom stereocenters. The molecule has 29 heavy (non-hydrogen) atoms. The Morgan fingerprint density at radius 3 is 2.72 bits per heavy atom. The van der Waals surface area contributed by atoms with Gasteiger partial charge in [0.2, 0.25) is 0 Å². The number of amides is 1. The number of esters is 1. The SMILES string of the molecule is CCOC(=O)c1c(-c2ccccc2)csc1NC(=O)c1csc2c1CC[C@H](C)C2. The largest absolute Gasteiger partial charge is 0.462 e. The molecule has 0 saturated heterocycles. The normalized spacial score (nSPS) is 15.6. The van der Waals surface area contributed by atoms with E-state index >= 15 is 0 Å². The van der Waals surface area contributed by atoms with Crippen LogP contribution >= 0.6 is 22.7 Å². The van der Waals surface area contributed by atoms with Crippen LogP contribution in [0.5, 0.6) is 0 Å². The Hall–Kier alpha value is -2.44. The second-order valence-corrected chi connectivity index (χ2v) is 9.14. The summed E-state index contributed by atoms with van der Waals surface area (Å²) in [5.41, 5.74) is 4.04. The van der Waals surface area contributed by atoms with Crippen molar-refractivity contribution < 1.29 is 14.3 Å². The minimum atomic E-state index is -0.413. The summed E-state index contributed by atoms with van der Waals surface area (Å²) in [5.74, 6) is 0.103. The molecular weight excluding hydrogens is 402 g/mol. The Morgan fingerprint density at radius 2 is 1.97 bits per heavy atom. The van der Waals surface area contributed by atoms with E-state index in [9.17, 15) is 9.59 Å². The molecule has 1 aliphatic rings. The Morgan fingerprint density at radius 1 is 1.17 bits per heavy atom. The number of rotatable bonds is 5. The quantitative estimate of drug-likeness (QED) is 0.508. The van der Waals surface area contributed by atoms with Gasteiger partial charge in [0.25, 0.3) is 5.91 Å². The maximum atomic E-state index is 13.1. The number of thiophene rings is 2. The molecule has 6 heteroatoms. The first-order valence-electron chi connectivity index (χ1n) is 9.83. The smallest absolute Gasteiger partial charge is 0.341 e. The first-order valence-corrected chi connectivity index (χ1v) is 11.6. The molecule has 150 valence electrons. The van der Waals surface area contributed by atoms with Gasteiger partial charge in [-0.25, -0.2) is 4.79 Å². The van der Waals surface area contributed by atoms with Gasteiger partial charge in [-0.15, -0.1) is 22.7 Å². The molecule has 0 aliphatic heterocycles. The summed E-state index contributed by atoms with van der Waals surface area (Å²) in [6.07, 6.45) is 3.08. The first-order chi connectivity index (χ1) is 14.1. The van der Waals surface area contributed by atoms with Crippen LogP contribution in [0.25, 0.3) is 11.1 Å². The minimum Gasteiger partial charge on any atom is -0.462 e. The number of hydrogen-bond donors (Lipinski definition) is 1. The lowest BCUT2D eigenvalue weighted by molar-refractivity contribution is 0.0529. The van der Waals surface area contributed by atoms with Crippen molar-refractivity contribution in [1.82, 2.24) is 0 Å². The van der Waals surface area contributed by atoms with Gasteiger partial charge in [-0.05, 0) is 43.2 Å². The van der Waals surface area contributed by atoms with Gasteiger partial charge in [-0.3, -0.25) is 4.79 Å². The van der Waals surface area contributed by atoms with E-state index in [1.807, 2.05) is 41.1 Å². The zero-order valence-electron chi connectivity index (χ0n) is 16.5. The molecule has 0 unspecified atom stereocenters. The third-order valence-electron chi connectivity index (χ3n) is 5.23. The van der Waals surface area contributed by atoms with Gasteiger partial charge >= 0.3 is 5.97 Å². The maximum absolute atomic E-state index is 13.1. The molecule has 4 rings (SSSR count). The second kappa shape index (κ2) is 8.51. The van der Waals surface area contributed by atoms with Crippen molar-refractivity contribution in [3.05, 3.63) is 62.7 Å². The zero-order chi connectivity index (χ0) is 20.4. The summed E-state index contributed by atoms with van der Waals surface area (Å²) in [4.78, 5) is 27.1. The molecule has 2 aromatic heterocycles. The molecule has 1 amide bonds. The van der Waals surface area contributed by atoms with E-state index in [0.717, 1.165) is 36.0 Å². The second-order valence-electron chi connectivity index (χ2n) is 7.29. The van der Waals surface area contributed by atoms with Gasteiger partial charge in [0.05, 0.1) is 12.2 Å². The van der Waals surface area contributed by atoms with Gasteiger partial charge < -0.3 is 10.1 Å². The Balaban J connectivity index is 1.66. The van der Waals surface area contributed by atoms with Gasteiger partial charge in [-0.1, -0.05) is 37.3 Å². The summed E-state index contributed by atoms with van der Waals surface area (Å²) < 4.78 is 5.28. The van der Waals surface area contributed by atoms with E-state index in [4.69, 9.17) is 4.74 Å². The molecule has 0 bridgehead atoms. The molecular formula is C23H23NO3S2. The zero-order valence-corrected chi connectivity index (χ0v) is 18.1. The van der Waals surface area contributed by atoms with Crippen LogP contribution in [0.2, 0.25) is 0 Å². The van der Waals surface area contributed by atoms with Crippen molar-refractivity contribution in [3.8, 4) is 11.1 Å². The molecule has 1 aromatic carbocycles. The monoisotopic (exact) mass is 425 g/mol. The molecule has 1 aliphatic carbocycles. The molecule has 0 radical (unpaired) electrons. The number of fused-ring (bicyclic) bond motifs is 1. The molecule has 2 heterocycles. The van der Waals surface area contributed by atoms with E-state index in [1.54, 1.807) is 18.3 Å². The number of hydrogen-bond acceptors (Lipinski definition) is 5. The number of nitrogens with one attached hydrogen (secondary N) is 1. The lowest BCUT2D eigenvalue weighted by Gasteiger charge is -2.18. The molecule has 0 spiro atoms. The van der Waals surface area contributed by atoms with Crippen molar-refractivity contribution in [2.75, 3.05) is 11.9 Å². The van der Waals surface area contributed by atoms with E-state index < -0.39 is 5.97 Å². The van der Waals surface area contributed by atoms with Crippen LogP contribution in [0.4, 0.5) is 5.00 Å². The highest BCUT2D eigenvalue weighted by Gasteiger charge is 2.26. The predicted octanol–water partition coefficient (Wildman–Crippen LogP) is 6.03. The molecule has 3 aromatic rings. The fourth-order valence-corrected chi connectivity index (χ4v) is 5.92. The van der Waals surface area contributed by atoms with Gasteiger partial charge in [0, 0.05) is 21.2 Å². The lowest BCUT2D eigenvalue weighted by atomic mass is 9.88. The van der Waals surface area contributed by atoms with Crippen LogP contribution < -0.4 is 5.32 Å². The summed E-state index contributed by atoms with van der Waals surface area (Å²) >= 11 is 3.03. The van der Waals surface area contributed by atoms with Crippen LogP contribution in [0.1, 0.15) is 51.4 Å². The van der Waals surface area contributed by atoms with Crippen LogP contribution in [0.3, 0.4) is 0 Å². The fourth-order valence-electron chi connectivity index (χ4n) is 3.72.